The minimum Gasteiger partial charge on any atom is -0.0859 e. The SMILES string of the molecule is CC(C)=CCCC(C)(C)C1CC=C(C)CC1. The average molecular weight is 220 g/mol. The van der Waals surface area contributed by atoms with Crippen molar-refractivity contribution in [1.29, 1.82) is 0 Å². The van der Waals surface area contributed by atoms with E-state index in [9.17, 15) is 0 Å². The molecule has 0 spiro atoms. The topological polar surface area (TPSA) is 0 Å². The van der Waals surface area contributed by atoms with Crippen LogP contribution in [0.2, 0.25) is 0 Å². The highest BCUT2D eigenvalue weighted by Crippen LogP contribution is 2.40. The summed E-state index contributed by atoms with van der Waals surface area (Å²) < 4.78 is 0. The van der Waals surface area contributed by atoms with Crippen molar-refractivity contribution in [2.75, 3.05) is 0 Å². The number of rotatable bonds is 4. The second-order valence-corrected chi connectivity index (χ2v) is 6.33. The quantitative estimate of drug-likeness (QED) is 0.548. The van der Waals surface area contributed by atoms with Crippen LogP contribution < -0.4 is 0 Å². The summed E-state index contributed by atoms with van der Waals surface area (Å²) in [6.07, 6.45) is 11.4. The van der Waals surface area contributed by atoms with Gasteiger partial charge in [0.05, 0.1) is 0 Å². The highest BCUT2D eigenvalue weighted by molar-refractivity contribution is 5.05. The van der Waals surface area contributed by atoms with Crippen LogP contribution in [0, 0.1) is 11.3 Å². The first kappa shape index (κ1) is 13.5. The Balaban J connectivity index is 2.47. The van der Waals surface area contributed by atoms with Gasteiger partial charge in [0.2, 0.25) is 0 Å². The molecule has 0 aromatic carbocycles. The van der Waals surface area contributed by atoms with Gasteiger partial charge in [-0.3, -0.25) is 0 Å². The Hall–Kier alpha value is -0.520. The molecule has 16 heavy (non-hydrogen) atoms. The van der Waals surface area contributed by atoms with E-state index in [-0.39, 0.29) is 0 Å². The minimum absolute atomic E-state index is 0.503. The Morgan fingerprint density at radius 2 is 2.12 bits per heavy atom. The van der Waals surface area contributed by atoms with E-state index in [1.165, 1.54) is 37.7 Å². The van der Waals surface area contributed by atoms with Crippen molar-refractivity contribution in [3.8, 4) is 0 Å². The third-order valence-electron chi connectivity index (χ3n) is 4.08. The molecule has 1 aliphatic rings. The first-order chi connectivity index (χ1) is 7.42. The van der Waals surface area contributed by atoms with Crippen molar-refractivity contribution in [2.24, 2.45) is 11.3 Å². The zero-order chi connectivity index (χ0) is 12.2. The summed E-state index contributed by atoms with van der Waals surface area (Å²) in [5, 5.41) is 0. The molecule has 0 aliphatic heterocycles. The van der Waals surface area contributed by atoms with Crippen LogP contribution in [0.4, 0.5) is 0 Å². The molecule has 92 valence electrons. The summed E-state index contributed by atoms with van der Waals surface area (Å²) in [5.74, 6) is 0.891. The van der Waals surface area contributed by atoms with E-state index < -0.39 is 0 Å². The maximum absolute atomic E-state index is 2.46. The smallest absolute Gasteiger partial charge is 0.0314 e. The van der Waals surface area contributed by atoms with Crippen LogP contribution in [0.3, 0.4) is 0 Å². The molecule has 0 heterocycles. The lowest BCUT2D eigenvalue weighted by Crippen LogP contribution is -2.25. The molecule has 0 bridgehead atoms. The molecule has 0 saturated carbocycles. The average Bonchev–Trinajstić information content (AvgIpc) is 2.17. The highest BCUT2D eigenvalue weighted by Gasteiger charge is 2.29. The molecule has 0 saturated heterocycles. The summed E-state index contributed by atoms with van der Waals surface area (Å²) >= 11 is 0. The van der Waals surface area contributed by atoms with Gasteiger partial charge in [0.15, 0.2) is 0 Å². The van der Waals surface area contributed by atoms with Crippen molar-refractivity contribution in [3.63, 3.8) is 0 Å². The lowest BCUT2D eigenvalue weighted by Gasteiger charge is -2.36. The first-order valence-corrected chi connectivity index (χ1v) is 6.71. The number of allylic oxidation sites excluding steroid dienone is 4. The van der Waals surface area contributed by atoms with Gasteiger partial charge in [-0.1, -0.05) is 37.1 Å². The van der Waals surface area contributed by atoms with Crippen LogP contribution in [0.1, 0.15) is 66.7 Å². The molecule has 0 N–H and O–H groups in total. The highest BCUT2D eigenvalue weighted by atomic mass is 14.3. The van der Waals surface area contributed by atoms with E-state index in [0.29, 0.717) is 5.41 Å². The van der Waals surface area contributed by atoms with E-state index in [1.54, 1.807) is 5.57 Å². The largest absolute Gasteiger partial charge is 0.0859 e. The second kappa shape index (κ2) is 5.70. The van der Waals surface area contributed by atoms with Crippen LogP contribution in [0.5, 0.6) is 0 Å². The standard InChI is InChI=1S/C16H28/c1-13(2)7-6-12-16(4,5)15-10-8-14(3)9-11-15/h7-8,15H,6,9-12H2,1-5H3. The van der Waals surface area contributed by atoms with Gasteiger partial charge >= 0.3 is 0 Å². The first-order valence-electron chi connectivity index (χ1n) is 6.71. The minimum atomic E-state index is 0.503. The summed E-state index contributed by atoms with van der Waals surface area (Å²) in [6, 6.07) is 0. The van der Waals surface area contributed by atoms with Crippen LogP contribution in [-0.4, -0.2) is 0 Å². The fourth-order valence-electron chi connectivity index (χ4n) is 2.61. The lowest BCUT2D eigenvalue weighted by molar-refractivity contribution is 0.180. The lowest BCUT2D eigenvalue weighted by atomic mass is 9.69. The fourth-order valence-corrected chi connectivity index (χ4v) is 2.61. The summed E-state index contributed by atoms with van der Waals surface area (Å²) in [4.78, 5) is 0. The predicted molar refractivity (Wildman–Crippen MR) is 73.5 cm³/mol. The molecule has 1 unspecified atom stereocenters. The molecular weight excluding hydrogens is 192 g/mol. The van der Waals surface area contributed by atoms with Crippen LogP contribution >= 0.6 is 0 Å². The van der Waals surface area contributed by atoms with Crippen molar-refractivity contribution in [1.82, 2.24) is 0 Å². The van der Waals surface area contributed by atoms with E-state index >= 15 is 0 Å². The monoisotopic (exact) mass is 220 g/mol. The van der Waals surface area contributed by atoms with E-state index in [4.69, 9.17) is 0 Å². The molecule has 1 aliphatic carbocycles. The second-order valence-electron chi connectivity index (χ2n) is 6.33. The van der Waals surface area contributed by atoms with Crippen LogP contribution in [0.25, 0.3) is 0 Å². The molecular formula is C16H28. The maximum atomic E-state index is 2.46. The van der Waals surface area contributed by atoms with Gasteiger partial charge < -0.3 is 0 Å². The number of hydrogen-bond donors (Lipinski definition) is 0. The Morgan fingerprint density at radius 3 is 2.62 bits per heavy atom. The third kappa shape index (κ3) is 4.15. The molecule has 0 amide bonds. The van der Waals surface area contributed by atoms with Crippen molar-refractivity contribution in [3.05, 3.63) is 23.3 Å². The van der Waals surface area contributed by atoms with Crippen molar-refractivity contribution in [2.45, 2.75) is 66.7 Å². The van der Waals surface area contributed by atoms with Gasteiger partial charge in [-0.15, -0.1) is 0 Å². The van der Waals surface area contributed by atoms with Gasteiger partial charge in [-0.25, -0.2) is 0 Å². The molecule has 0 fully saturated rings. The summed E-state index contributed by atoms with van der Waals surface area (Å²) in [7, 11) is 0. The van der Waals surface area contributed by atoms with Gasteiger partial charge in [0.1, 0.15) is 0 Å². The van der Waals surface area contributed by atoms with Gasteiger partial charge in [0, 0.05) is 0 Å². The van der Waals surface area contributed by atoms with Gasteiger partial charge in [-0.05, 0) is 64.2 Å². The molecule has 1 atom stereocenters. The summed E-state index contributed by atoms with van der Waals surface area (Å²) in [6.45, 7) is 11.6. The zero-order valence-electron chi connectivity index (χ0n) is 11.8. The van der Waals surface area contributed by atoms with Crippen molar-refractivity contribution >= 4 is 0 Å². The Kier molecular flexibility index (Phi) is 4.83. The zero-order valence-corrected chi connectivity index (χ0v) is 11.8. The molecule has 0 aromatic rings. The van der Waals surface area contributed by atoms with Gasteiger partial charge in [-0.2, -0.15) is 0 Å². The molecule has 0 aromatic heterocycles. The molecule has 1 rings (SSSR count). The Morgan fingerprint density at radius 1 is 1.44 bits per heavy atom. The summed E-state index contributed by atoms with van der Waals surface area (Å²) in [5.41, 5.74) is 3.55. The normalized spacial score (nSPS) is 21.6. The molecule has 0 nitrogen and oxygen atoms in total. The van der Waals surface area contributed by atoms with Crippen LogP contribution in [0.15, 0.2) is 23.3 Å². The van der Waals surface area contributed by atoms with E-state index in [2.05, 4.69) is 46.8 Å². The predicted octanol–water partition coefficient (Wildman–Crippen LogP) is 5.51. The number of hydrogen-bond acceptors (Lipinski definition) is 0. The molecule has 0 heteroatoms. The molecule has 0 radical (unpaired) electrons. The van der Waals surface area contributed by atoms with Gasteiger partial charge in [0.25, 0.3) is 0 Å². The van der Waals surface area contributed by atoms with E-state index in [0.717, 1.165) is 5.92 Å². The Labute approximate surface area is 102 Å². The third-order valence-corrected chi connectivity index (χ3v) is 4.08. The van der Waals surface area contributed by atoms with Crippen LogP contribution in [-0.2, 0) is 0 Å². The maximum Gasteiger partial charge on any atom is -0.0314 e. The van der Waals surface area contributed by atoms with E-state index in [1.807, 2.05) is 0 Å². The Bertz CT molecular complexity index is 274. The van der Waals surface area contributed by atoms with Crippen molar-refractivity contribution < 1.29 is 0 Å². The fraction of sp³-hybridized carbons (Fsp3) is 0.750.